The molecule has 1 aromatic heterocycles. The zero-order valence-electron chi connectivity index (χ0n) is 18.1. The maximum absolute atomic E-state index is 12.1. The van der Waals surface area contributed by atoms with Crippen molar-refractivity contribution in [3.8, 4) is 0 Å². The SMILES string of the molecule is CCNC(=O)c1cccc(CSc2nc(C)c(C)c(N3CCN(C(C)=O)CC3)n2)c1. The Kier molecular flexibility index (Phi) is 7.31. The smallest absolute Gasteiger partial charge is 0.251 e. The van der Waals surface area contributed by atoms with Gasteiger partial charge in [-0.25, -0.2) is 9.97 Å². The lowest BCUT2D eigenvalue weighted by Gasteiger charge is -2.35. The average Bonchev–Trinajstić information content (AvgIpc) is 2.75. The number of nitrogens with one attached hydrogen (secondary N) is 1. The second kappa shape index (κ2) is 9.93. The molecule has 1 aliphatic heterocycles. The van der Waals surface area contributed by atoms with Crippen LogP contribution in [0, 0.1) is 13.8 Å². The first kappa shape index (κ1) is 22.1. The Balaban J connectivity index is 1.71. The van der Waals surface area contributed by atoms with Crippen LogP contribution in [0.4, 0.5) is 5.82 Å². The number of amides is 2. The van der Waals surface area contributed by atoms with Crippen LogP contribution in [0.2, 0.25) is 0 Å². The lowest BCUT2D eigenvalue weighted by atomic mass is 10.1. The van der Waals surface area contributed by atoms with Gasteiger partial charge in [-0.05, 0) is 38.5 Å². The predicted octanol–water partition coefficient (Wildman–Crippen LogP) is 2.80. The highest BCUT2D eigenvalue weighted by atomic mass is 32.2. The molecule has 2 heterocycles. The number of piperazine rings is 1. The fourth-order valence-electron chi connectivity index (χ4n) is 3.41. The first-order valence-corrected chi connectivity index (χ1v) is 11.2. The lowest BCUT2D eigenvalue weighted by Crippen LogP contribution is -2.48. The minimum atomic E-state index is -0.0567. The van der Waals surface area contributed by atoms with Crippen molar-refractivity contribution in [3.63, 3.8) is 0 Å². The molecule has 1 saturated heterocycles. The summed E-state index contributed by atoms with van der Waals surface area (Å²) in [5, 5.41) is 3.56. The molecule has 1 fully saturated rings. The molecule has 0 bridgehead atoms. The number of thioether (sulfide) groups is 1. The number of aromatic nitrogens is 2. The van der Waals surface area contributed by atoms with E-state index in [1.165, 1.54) is 0 Å². The maximum Gasteiger partial charge on any atom is 0.251 e. The summed E-state index contributed by atoms with van der Waals surface area (Å²) in [6, 6.07) is 7.66. The predicted molar refractivity (Wildman–Crippen MR) is 120 cm³/mol. The number of carbonyl (C=O) groups is 2. The van der Waals surface area contributed by atoms with Crippen LogP contribution in [0.3, 0.4) is 0 Å². The van der Waals surface area contributed by atoms with Gasteiger partial charge in [0.05, 0.1) is 0 Å². The van der Waals surface area contributed by atoms with Crippen molar-refractivity contribution in [1.82, 2.24) is 20.2 Å². The van der Waals surface area contributed by atoms with Crippen molar-refractivity contribution in [2.45, 2.75) is 38.6 Å². The summed E-state index contributed by atoms with van der Waals surface area (Å²) in [4.78, 5) is 37.2. The third-order valence-corrected chi connectivity index (χ3v) is 6.18. The third-order valence-electron chi connectivity index (χ3n) is 5.26. The largest absolute Gasteiger partial charge is 0.353 e. The van der Waals surface area contributed by atoms with Crippen LogP contribution in [0.15, 0.2) is 29.4 Å². The molecule has 1 aromatic carbocycles. The summed E-state index contributed by atoms with van der Waals surface area (Å²) in [6.07, 6.45) is 0. The molecule has 8 heteroatoms. The molecule has 1 aliphatic rings. The molecule has 160 valence electrons. The Bertz CT molecular complexity index is 926. The van der Waals surface area contributed by atoms with Crippen molar-refractivity contribution in [3.05, 3.63) is 46.6 Å². The van der Waals surface area contributed by atoms with Crippen molar-refractivity contribution in [1.29, 1.82) is 0 Å². The van der Waals surface area contributed by atoms with Gasteiger partial charge in [0.2, 0.25) is 5.91 Å². The normalized spacial score (nSPS) is 14.0. The first-order chi connectivity index (χ1) is 14.4. The summed E-state index contributed by atoms with van der Waals surface area (Å²) in [7, 11) is 0. The molecule has 0 unspecified atom stereocenters. The quantitative estimate of drug-likeness (QED) is 0.564. The fourth-order valence-corrected chi connectivity index (χ4v) is 4.23. The zero-order valence-corrected chi connectivity index (χ0v) is 18.9. The van der Waals surface area contributed by atoms with Crippen LogP contribution >= 0.6 is 11.8 Å². The van der Waals surface area contributed by atoms with Gasteiger partial charge in [-0.2, -0.15) is 0 Å². The van der Waals surface area contributed by atoms with Gasteiger partial charge in [0.25, 0.3) is 5.91 Å². The van der Waals surface area contributed by atoms with Gasteiger partial charge in [-0.1, -0.05) is 23.9 Å². The van der Waals surface area contributed by atoms with E-state index in [1.54, 1.807) is 18.7 Å². The molecular weight excluding hydrogens is 398 g/mol. The molecule has 7 nitrogen and oxygen atoms in total. The topological polar surface area (TPSA) is 78.4 Å². The number of hydrogen-bond acceptors (Lipinski definition) is 6. The van der Waals surface area contributed by atoms with Crippen molar-refractivity contribution >= 4 is 29.4 Å². The summed E-state index contributed by atoms with van der Waals surface area (Å²) in [5.74, 6) is 1.70. The van der Waals surface area contributed by atoms with Crippen LogP contribution in [0.1, 0.15) is 41.0 Å². The van der Waals surface area contributed by atoms with E-state index in [0.29, 0.717) is 31.0 Å². The van der Waals surface area contributed by atoms with E-state index in [4.69, 9.17) is 4.98 Å². The highest BCUT2D eigenvalue weighted by molar-refractivity contribution is 7.98. The van der Waals surface area contributed by atoms with Crippen LogP contribution in [-0.4, -0.2) is 59.4 Å². The van der Waals surface area contributed by atoms with Gasteiger partial charge in [-0.15, -0.1) is 0 Å². The van der Waals surface area contributed by atoms with E-state index in [0.717, 1.165) is 40.9 Å². The number of rotatable bonds is 6. The van der Waals surface area contributed by atoms with Crippen LogP contribution in [0.5, 0.6) is 0 Å². The minimum Gasteiger partial charge on any atom is -0.353 e. The molecule has 0 radical (unpaired) electrons. The Morgan fingerprint density at radius 1 is 1.13 bits per heavy atom. The monoisotopic (exact) mass is 427 g/mol. The van der Waals surface area contributed by atoms with E-state index in [9.17, 15) is 9.59 Å². The fraction of sp³-hybridized carbons (Fsp3) is 0.455. The molecule has 0 aliphatic carbocycles. The second-order valence-electron chi connectivity index (χ2n) is 7.38. The second-order valence-corrected chi connectivity index (χ2v) is 8.32. The van der Waals surface area contributed by atoms with E-state index >= 15 is 0 Å². The van der Waals surface area contributed by atoms with Gasteiger partial charge in [-0.3, -0.25) is 9.59 Å². The lowest BCUT2D eigenvalue weighted by molar-refractivity contribution is -0.129. The van der Waals surface area contributed by atoms with Gasteiger partial charge in [0.1, 0.15) is 5.82 Å². The summed E-state index contributed by atoms with van der Waals surface area (Å²) < 4.78 is 0. The highest BCUT2D eigenvalue weighted by Gasteiger charge is 2.22. The van der Waals surface area contributed by atoms with Crippen LogP contribution < -0.4 is 10.2 Å². The van der Waals surface area contributed by atoms with E-state index in [-0.39, 0.29) is 11.8 Å². The summed E-state index contributed by atoms with van der Waals surface area (Å²) in [5.41, 5.74) is 3.77. The van der Waals surface area contributed by atoms with Crippen molar-refractivity contribution < 1.29 is 9.59 Å². The molecule has 0 spiro atoms. The van der Waals surface area contributed by atoms with E-state index in [1.807, 2.05) is 49.9 Å². The number of aryl methyl sites for hydroxylation is 1. The standard InChI is InChI=1S/C22H29N5O2S/c1-5-23-21(29)19-8-6-7-18(13-19)14-30-22-24-16(3)15(2)20(25-22)27-11-9-26(10-12-27)17(4)28/h6-8,13H,5,9-12,14H2,1-4H3,(H,23,29). The van der Waals surface area contributed by atoms with Gasteiger partial charge in [0, 0.05) is 62.2 Å². The van der Waals surface area contributed by atoms with Crippen molar-refractivity contribution in [2.24, 2.45) is 0 Å². The Morgan fingerprint density at radius 3 is 2.53 bits per heavy atom. The number of carbonyl (C=O) groups excluding carboxylic acids is 2. The molecule has 2 amide bonds. The maximum atomic E-state index is 12.1. The number of anilines is 1. The highest BCUT2D eigenvalue weighted by Crippen LogP contribution is 2.27. The molecule has 0 saturated carbocycles. The third kappa shape index (κ3) is 5.30. The van der Waals surface area contributed by atoms with Crippen LogP contribution in [0.25, 0.3) is 0 Å². The number of benzene rings is 1. The molecule has 1 N–H and O–H groups in total. The number of hydrogen-bond donors (Lipinski definition) is 1. The summed E-state index contributed by atoms with van der Waals surface area (Å²) >= 11 is 1.57. The minimum absolute atomic E-state index is 0.0567. The molecular formula is C22H29N5O2S. The van der Waals surface area contributed by atoms with Gasteiger partial charge < -0.3 is 15.1 Å². The van der Waals surface area contributed by atoms with Crippen molar-refractivity contribution in [2.75, 3.05) is 37.6 Å². The van der Waals surface area contributed by atoms with E-state index < -0.39 is 0 Å². The number of nitrogens with zero attached hydrogens (tertiary/aromatic N) is 4. The van der Waals surface area contributed by atoms with E-state index in [2.05, 4.69) is 15.2 Å². The average molecular weight is 428 g/mol. The van der Waals surface area contributed by atoms with Gasteiger partial charge in [0.15, 0.2) is 5.16 Å². The molecule has 0 atom stereocenters. The Hall–Kier alpha value is -2.61. The first-order valence-electron chi connectivity index (χ1n) is 10.2. The molecule has 3 rings (SSSR count). The van der Waals surface area contributed by atoms with Crippen LogP contribution in [-0.2, 0) is 10.5 Å². The summed E-state index contributed by atoms with van der Waals surface area (Å²) in [6.45, 7) is 11.2. The molecule has 30 heavy (non-hydrogen) atoms. The van der Waals surface area contributed by atoms with Gasteiger partial charge >= 0.3 is 0 Å². The molecule has 2 aromatic rings. The zero-order chi connectivity index (χ0) is 21.7. The Labute approximate surface area is 182 Å². The Morgan fingerprint density at radius 2 is 1.87 bits per heavy atom.